The highest BCUT2D eigenvalue weighted by molar-refractivity contribution is 7.89. The lowest BCUT2D eigenvalue weighted by Gasteiger charge is -2.09. The van der Waals surface area contributed by atoms with Gasteiger partial charge in [-0.05, 0) is 56.2 Å². The number of carbonyl (C=O) groups is 1. The summed E-state index contributed by atoms with van der Waals surface area (Å²) >= 11 is 0. The van der Waals surface area contributed by atoms with E-state index in [-0.39, 0.29) is 23.9 Å². The molecule has 1 heterocycles. The maximum absolute atomic E-state index is 12.4. The van der Waals surface area contributed by atoms with Crippen LogP contribution in [0.15, 0.2) is 47.4 Å². The summed E-state index contributed by atoms with van der Waals surface area (Å²) in [7, 11) is -3.61. The molecule has 0 unspecified atom stereocenters. The first-order valence-electron chi connectivity index (χ1n) is 9.42. The van der Waals surface area contributed by atoms with Gasteiger partial charge in [0.15, 0.2) is 0 Å². The molecule has 0 aliphatic carbocycles. The highest BCUT2D eigenvalue weighted by Crippen LogP contribution is 2.14. The lowest BCUT2D eigenvalue weighted by molar-refractivity contribution is 0.0954. The van der Waals surface area contributed by atoms with E-state index in [4.69, 9.17) is 0 Å². The Morgan fingerprint density at radius 3 is 2.24 bits per heavy atom. The summed E-state index contributed by atoms with van der Waals surface area (Å²) in [4.78, 5) is 21.5. The van der Waals surface area contributed by atoms with Gasteiger partial charge in [-0.3, -0.25) is 4.79 Å². The second-order valence-electron chi connectivity index (χ2n) is 6.75. The molecule has 0 atom stereocenters. The molecule has 3 aromatic rings. The number of sulfonamides is 1. The van der Waals surface area contributed by atoms with Crippen LogP contribution in [-0.2, 0) is 16.4 Å². The molecule has 3 rings (SSSR count). The van der Waals surface area contributed by atoms with Gasteiger partial charge in [-0.1, -0.05) is 19.1 Å². The SMILES string of the molecule is CCc1ccc(S(=O)(=O)NCCNC(=O)c2ccc3nc(C)c(C)nc3c2)cc1. The van der Waals surface area contributed by atoms with Crippen LogP contribution in [0, 0.1) is 13.8 Å². The van der Waals surface area contributed by atoms with Crippen molar-refractivity contribution in [2.45, 2.75) is 32.1 Å². The van der Waals surface area contributed by atoms with Crippen molar-refractivity contribution in [3.63, 3.8) is 0 Å². The number of rotatable bonds is 7. The quantitative estimate of drug-likeness (QED) is 0.581. The average Bonchev–Trinajstić information content (AvgIpc) is 2.71. The second kappa shape index (κ2) is 8.67. The van der Waals surface area contributed by atoms with Crippen molar-refractivity contribution in [3.05, 3.63) is 65.0 Å². The number of fused-ring (bicyclic) bond motifs is 1. The van der Waals surface area contributed by atoms with Crippen molar-refractivity contribution in [1.29, 1.82) is 0 Å². The first-order valence-corrected chi connectivity index (χ1v) is 10.9. The van der Waals surface area contributed by atoms with E-state index in [0.717, 1.165) is 28.9 Å². The third-order valence-electron chi connectivity index (χ3n) is 4.68. The molecule has 0 aliphatic rings. The normalized spacial score (nSPS) is 11.6. The predicted octanol–water partition coefficient (Wildman–Crippen LogP) is 2.52. The Bertz CT molecular complexity index is 1140. The van der Waals surface area contributed by atoms with E-state index in [2.05, 4.69) is 20.0 Å². The summed E-state index contributed by atoms with van der Waals surface area (Å²) in [6.07, 6.45) is 0.847. The van der Waals surface area contributed by atoms with Crippen molar-refractivity contribution >= 4 is 27.0 Å². The third-order valence-corrected chi connectivity index (χ3v) is 6.16. The number of carbonyl (C=O) groups excluding carboxylic acids is 1. The molecule has 0 fully saturated rings. The van der Waals surface area contributed by atoms with Gasteiger partial charge in [0.25, 0.3) is 5.91 Å². The van der Waals surface area contributed by atoms with E-state index in [0.29, 0.717) is 11.1 Å². The average molecular weight is 413 g/mol. The number of hydrogen-bond acceptors (Lipinski definition) is 5. The highest BCUT2D eigenvalue weighted by atomic mass is 32.2. The molecule has 2 N–H and O–H groups in total. The van der Waals surface area contributed by atoms with Crippen LogP contribution in [0.4, 0.5) is 0 Å². The number of aryl methyl sites for hydroxylation is 3. The zero-order chi connectivity index (χ0) is 21.0. The monoisotopic (exact) mass is 412 g/mol. The van der Waals surface area contributed by atoms with Crippen molar-refractivity contribution in [1.82, 2.24) is 20.0 Å². The van der Waals surface area contributed by atoms with Gasteiger partial charge in [-0.25, -0.2) is 23.1 Å². The zero-order valence-corrected chi connectivity index (χ0v) is 17.5. The predicted molar refractivity (Wildman–Crippen MR) is 112 cm³/mol. The van der Waals surface area contributed by atoms with Crippen molar-refractivity contribution in [3.8, 4) is 0 Å². The first kappa shape index (κ1) is 20.9. The van der Waals surface area contributed by atoms with E-state index in [1.165, 1.54) is 0 Å². The van der Waals surface area contributed by atoms with E-state index in [9.17, 15) is 13.2 Å². The molecule has 0 saturated carbocycles. The lowest BCUT2D eigenvalue weighted by atomic mass is 10.1. The Morgan fingerprint density at radius 2 is 1.59 bits per heavy atom. The molecule has 0 saturated heterocycles. The summed E-state index contributed by atoms with van der Waals surface area (Å²) < 4.78 is 27.1. The Labute approximate surface area is 170 Å². The van der Waals surface area contributed by atoms with Crippen molar-refractivity contribution < 1.29 is 13.2 Å². The van der Waals surface area contributed by atoms with Gasteiger partial charge in [-0.2, -0.15) is 0 Å². The highest BCUT2D eigenvalue weighted by Gasteiger charge is 2.14. The van der Waals surface area contributed by atoms with Crippen molar-refractivity contribution in [2.75, 3.05) is 13.1 Å². The van der Waals surface area contributed by atoms with Gasteiger partial charge in [0.05, 0.1) is 27.3 Å². The summed E-state index contributed by atoms with van der Waals surface area (Å²) in [6, 6.07) is 11.9. The minimum Gasteiger partial charge on any atom is -0.351 e. The van der Waals surface area contributed by atoms with Gasteiger partial charge in [0, 0.05) is 18.7 Å². The maximum Gasteiger partial charge on any atom is 0.251 e. The molecule has 0 aliphatic heterocycles. The molecular formula is C21H24N4O3S. The lowest BCUT2D eigenvalue weighted by Crippen LogP contribution is -2.34. The van der Waals surface area contributed by atoms with Crippen LogP contribution >= 0.6 is 0 Å². The molecule has 1 amide bonds. The Hall–Kier alpha value is -2.84. The Morgan fingerprint density at radius 1 is 0.931 bits per heavy atom. The van der Waals surface area contributed by atoms with Crippen LogP contribution in [0.1, 0.15) is 34.2 Å². The molecule has 8 heteroatoms. The number of benzene rings is 2. The summed E-state index contributed by atoms with van der Waals surface area (Å²) in [5.74, 6) is -0.293. The fourth-order valence-electron chi connectivity index (χ4n) is 2.82. The fraction of sp³-hybridized carbons (Fsp3) is 0.286. The number of hydrogen-bond donors (Lipinski definition) is 2. The number of nitrogens with zero attached hydrogens (tertiary/aromatic N) is 2. The molecule has 0 radical (unpaired) electrons. The molecular weight excluding hydrogens is 388 g/mol. The third kappa shape index (κ3) is 4.96. The van der Waals surface area contributed by atoms with Gasteiger partial charge in [-0.15, -0.1) is 0 Å². The van der Waals surface area contributed by atoms with Crippen molar-refractivity contribution in [2.24, 2.45) is 0 Å². The molecule has 7 nitrogen and oxygen atoms in total. The molecule has 29 heavy (non-hydrogen) atoms. The van der Waals surface area contributed by atoms with Crippen LogP contribution in [-0.4, -0.2) is 37.4 Å². The van der Waals surface area contributed by atoms with Crippen LogP contribution in [0.2, 0.25) is 0 Å². The molecule has 152 valence electrons. The maximum atomic E-state index is 12.4. The largest absolute Gasteiger partial charge is 0.351 e. The van der Waals surface area contributed by atoms with Crippen LogP contribution < -0.4 is 10.0 Å². The zero-order valence-electron chi connectivity index (χ0n) is 16.7. The summed E-state index contributed by atoms with van der Waals surface area (Å²) in [6.45, 7) is 6.03. The fourth-order valence-corrected chi connectivity index (χ4v) is 3.85. The van der Waals surface area contributed by atoms with Crippen LogP contribution in [0.3, 0.4) is 0 Å². The molecule has 0 bridgehead atoms. The topological polar surface area (TPSA) is 101 Å². The van der Waals surface area contributed by atoms with Gasteiger partial charge < -0.3 is 5.32 Å². The molecule has 0 spiro atoms. The van der Waals surface area contributed by atoms with Crippen LogP contribution in [0.5, 0.6) is 0 Å². The summed E-state index contributed by atoms with van der Waals surface area (Å²) in [5, 5.41) is 2.72. The molecule has 1 aromatic heterocycles. The Balaban J connectivity index is 1.58. The summed E-state index contributed by atoms with van der Waals surface area (Å²) in [5.41, 5.74) is 4.57. The first-order chi connectivity index (χ1) is 13.8. The standard InChI is InChI=1S/C21H24N4O3S/c1-4-16-5-8-18(9-6-16)29(27,28)23-12-11-22-21(26)17-7-10-19-20(13-17)25-15(3)14(2)24-19/h5-10,13,23H,4,11-12H2,1-3H3,(H,22,26). The number of aromatic nitrogens is 2. The minimum atomic E-state index is -3.61. The smallest absolute Gasteiger partial charge is 0.251 e. The molecule has 2 aromatic carbocycles. The number of nitrogens with one attached hydrogen (secondary N) is 2. The number of amides is 1. The minimum absolute atomic E-state index is 0.0926. The van der Waals surface area contributed by atoms with Crippen LogP contribution in [0.25, 0.3) is 11.0 Å². The van der Waals surface area contributed by atoms with E-state index in [1.807, 2.05) is 20.8 Å². The van der Waals surface area contributed by atoms with E-state index in [1.54, 1.807) is 42.5 Å². The van der Waals surface area contributed by atoms with E-state index >= 15 is 0 Å². The van der Waals surface area contributed by atoms with Gasteiger partial charge in [0.1, 0.15) is 0 Å². The van der Waals surface area contributed by atoms with E-state index < -0.39 is 10.0 Å². The Kier molecular flexibility index (Phi) is 6.24. The van der Waals surface area contributed by atoms with Gasteiger partial charge >= 0.3 is 0 Å². The second-order valence-corrected chi connectivity index (χ2v) is 8.52. The van der Waals surface area contributed by atoms with Gasteiger partial charge in [0.2, 0.25) is 10.0 Å².